The number of aliphatic hydroxyl groups is 1. The van der Waals surface area contributed by atoms with Gasteiger partial charge in [-0.25, -0.2) is 0 Å². The third-order valence-electron chi connectivity index (χ3n) is 4.18. The van der Waals surface area contributed by atoms with Crippen LogP contribution in [0.15, 0.2) is 34.9 Å². The van der Waals surface area contributed by atoms with Gasteiger partial charge in [-0.05, 0) is 47.8 Å². The topological polar surface area (TPSA) is 36.4 Å². The lowest BCUT2D eigenvalue weighted by Crippen LogP contribution is -2.39. The number of aromatic nitrogens is 1. The van der Waals surface area contributed by atoms with Crippen molar-refractivity contribution in [2.24, 2.45) is 5.92 Å². The van der Waals surface area contributed by atoms with Gasteiger partial charge in [0.25, 0.3) is 0 Å². The molecule has 3 nitrogen and oxygen atoms in total. The van der Waals surface area contributed by atoms with Gasteiger partial charge in [-0.2, -0.15) is 0 Å². The third kappa shape index (κ3) is 2.54. The van der Waals surface area contributed by atoms with Crippen molar-refractivity contribution in [2.45, 2.75) is 25.9 Å². The zero-order valence-electron chi connectivity index (χ0n) is 11.6. The molecule has 2 aromatic rings. The number of benzene rings is 1. The van der Waals surface area contributed by atoms with Gasteiger partial charge in [0.2, 0.25) is 0 Å². The number of para-hydroxylation sites is 1. The molecule has 1 fully saturated rings. The molecule has 2 unspecified atom stereocenters. The number of hydrogen-bond acceptors (Lipinski definition) is 3. The van der Waals surface area contributed by atoms with Gasteiger partial charge in [0.15, 0.2) is 0 Å². The number of pyridine rings is 1. The number of piperidine rings is 1. The average molecular weight is 335 g/mol. The van der Waals surface area contributed by atoms with E-state index in [0.29, 0.717) is 5.92 Å². The van der Waals surface area contributed by atoms with Crippen LogP contribution in [-0.4, -0.2) is 29.3 Å². The molecular weight excluding hydrogens is 316 g/mol. The van der Waals surface area contributed by atoms with E-state index in [2.05, 4.69) is 37.9 Å². The molecule has 4 heteroatoms. The van der Waals surface area contributed by atoms with E-state index in [1.54, 1.807) is 0 Å². The molecule has 1 aromatic carbocycles. The number of nitrogens with zero attached hydrogens (tertiary/aromatic N) is 2. The Labute approximate surface area is 127 Å². The molecule has 0 amide bonds. The van der Waals surface area contributed by atoms with E-state index in [0.717, 1.165) is 35.9 Å². The summed E-state index contributed by atoms with van der Waals surface area (Å²) in [5.74, 6) is 0.360. The van der Waals surface area contributed by atoms with Gasteiger partial charge in [-0.3, -0.25) is 4.98 Å². The second-order valence-electron chi connectivity index (χ2n) is 5.56. The van der Waals surface area contributed by atoms with Crippen LogP contribution < -0.4 is 4.90 Å². The minimum atomic E-state index is -0.238. The number of anilines is 1. The number of aliphatic hydroxyl groups excluding tert-OH is 1. The van der Waals surface area contributed by atoms with E-state index in [1.807, 2.05) is 25.3 Å². The third-order valence-corrected chi connectivity index (χ3v) is 4.82. The summed E-state index contributed by atoms with van der Waals surface area (Å²) in [5.41, 5.74) is 2.23. The molecule has 0 aliphatic carbocycles. The van der Waals surface area contributed by atoms with Crippen molar-refractivity contribution < 1.29 is 5.11 Å². The van der Waals surface area contributed by atoms with Gasteiger partial charge < -0.3 is 10.0 Å². The lowest BCUT2D eigenvalue weighted by Gasteiger charge is -2.36. The highest BCUT2D eigenvalue weighted by molar-refractivity contribution is 9.10. The maximum atomic E-state index is 9.85. The van der Waals surface area contributed by atoms with Crippen LogP contribution in [-0.2, 0) is 0 Å². The largest absolute Gasteiger partial charge is 0.393 e. The fraction of sp³-hybridized carbons (Fsp3) is 0.438. The summed E-state index contributed by atoms with van der Waals surface area (Å²) < 4.78 is 1.03. The summed E-state index contributed by atoms with van der Waals surface area (Å²) in [6, 6.07) is 8.27. The Kier molecular flexibility index (Phi) is 3.94. The number of fused-ring (bicyclic) bond motifs is 1. The second kappa shape index (κ2) is 5.70. The zero-order chi connectivity index (χ0) is 14.1. The van der Waals surface area contributed by atoms with Crippen LogP contribution in [0.1, 0.15) is 19.8 Å². The summed E-state index contributed by atoms with van der Waals surface area (Å²) in [4.78, 5) is 6.85. The van der Waals surface area contributed by atoms with Crippen molar-refractivity contribution in [1.82, 2.24) is 4.98 Å². The molecule has 0 saturated carbocycles. The van der Waals surface area contributed by atoms with Gasteiger partial charge in [-0.15, -0.1) is 0 Å². The van der Waals surface area contributed by atoms with Crippen LogP contribution >= 0.6 is 15.9 Å². The Balaban J connectivity index is 2.00. The van der Waals surface area contributed by atoms with Crippen molar-refractivity contribution in [2.75, 3.05) is 18.0 Å². The molecule has 1 aliphatic rings. The van der Waals surface area contributed by atoms with Crippen molar-refractivity contribution in [1.29, 1.82) is 0 Å². The molecule has 1 saturated heterocycles. The SMILES string of the molecule is CC(O)C1CCCN(c2ccnc3c(Br)cccc23)C1. The highest BCUT2D eigenvalue weighted by Crippen LogP contribution is 2.32. The first-order valence-corrected chi connectivity index (χ1v) is 7.92. The fourth-order valence-electron chi connectivity index (χ4n) is 3.02. The maximum absolute atomic E-state index is 9.85. The molecular formula is C16H19BrN2O. The van der Waals surface area contributed by atoms with Crippen LogP contribution in [0.5, 0.6) is 0 Å². The normalized spacial score (nSPS) is 21.1. The Hall–Kier alpha value is -1.13. The predicted molar refractivity (Wildman–Crippen MR) is 86.1 cm³/mol. The van der Waals surface area contributed by atoms with E-state index in [-0.39, 0.29) is 6.10 Å². The smallest absolute Gasteiger partial charge is 0.0864 e. The molecule has 0 bridgehead atoms. The summed E-state index contributed by atoms with van der Waals surface area (Å²) in [6.45, 7) is 3.87. The van der Waals surface area contributed by atoms with Gasteiger partial charge in [0.1, 0.15) is 0 Å². The van der Waals surface area contributed by atoms with E-state index in [4.69, 9.17) is 0 Å². The summed E-state index contributed by atoms with van der Waals surface area (Å²) >= 11 is 3.57. The van der Waals surface area contributed by atoms with E-state index in [9.17, 15) is 5.11 Å². The molecule has 20 heavy (non-hydrogen) atoms. The lowest BCUT2D eigenvalue weighted by molar-refractivity contribution is 0.115. The quantitative estimate of drug-likeness (QED) is 0.911. The number of halogens is 1. The van der Waals surface area contributed by atoms with Crippen molar-refractivity contribution in [3.63, 3.8) is 0 Å². The zero-order valence-corrected chi connectivity index (χ0v) is 13.2. The first-order valence-electron chi connectivity index (χ1n) is 7.13. The van der Waals surface area contributed by atoms with Crippen LogP contribution in [0, 0.1) is 5.92 Å². The molecule has 106 valence electrons. The van der Waals surface area contributed by atoms with Crippen LogP contribution in [0.2, 0.25) is 0 Å². The highest BCUT2D eigenvalue weighted by atomic mass is 79.9. The molecule has 2 heterocycles. The highest BCUT2D eigenvalue weighted by Gasteiger charge is 2.24. The number of hydrogen-bond donors (Lipinski definition) is 1. The van der Waals surface area contributed by atoms with Crippen molar-refractivity contribution >= 4 is 32.5 Å². The van der Waals surface area contributed by atoms with Crippen LogP contribution in [0.3, 0.4) is 0 Å². The lowest BCUT2D eigenvalue weighted by atomic mass is 9.93. The molecule has 0 spiro atoms. The summed E-state index contributed by atoms with van der Waals surface area (Å²) in [5, 5.41) is 11.0. The Morgan fingerprint density at radius 3 is 3.05 bits per heavy atom. The standard InChI is InChI=1S/C16H19BrN2O/c1-11(20)12-4-3-9-19(10-12)15-7-8-18-16-13(15)5-2-6-14(16)17/h2,5-8,11-12,20H,3-4,9-10H2,1H3. The molecule has 0 radical (unpaired) electrons. The predicted octanol–water partition coefficient (Wildman–Crippen LogP) is 3.59. The number of rotatable bonds is 2. The summed E-state index contributed by atoms with van der Waals surface area (Å²) in [7, 11) is 0. The monoisotopic (exact) mass is 334 g/mol. The maximum Gasteiger partial charge on any atom is 0.0864 e. The second-order valence-corrected chi connectivity index (χ2v) is 6.41. The van der Waals surface area contributed by atoms with Crippen molar-refractivity contribution in [3.05, 3.63) is 34.9 Å². The molecule has 1 aliphatic heterocycles. The van der Waals surface area contributed by atoms with Gasteiger partial charge in [0, 0.05) is 40.8 Å². The molecule has 2 atom stereocenters. The molecule has 1 aromatic heterocycles. The van der Waals surface area contributed by atoms with Crippen molar-refractivity contribution in [3.8, 4) is 0 Å². The molecule has 1 N–H and O–H groups in total. The van der Waals surface area contributed by atoms with Gasteiger partial charge in [0.05, 0.1) is 11.6 Å². The van der Waals surface area contributed by atoms with E-state index in [1.165, 1.54) is 11.1 Å². The first kappa shape index (κ1) is 13.8. The van der Waals surface area contributed by atoms with Gasteiger partial charge in [-0.1, -0.05) is 12.1 Å². The Morgan fingerprint density at radius 2 is 2.25 bits per heavy atom. The Bertz CT molecular complexity index is 614. The summed E-state index contributed by atoms with van der Waals surface area (Å²) in [6.07, 6.45) is 3.88. The van der Waals surface area contributed by atoms with E-state index < -0.39 is 0 Å². The fourth-order valence-corrected chi connectivity index (χ4v) is 3.49. The average Bonchev–Trinajstić information content (AvgIpc) is 2.47. The van der Waals surface area contributed by atoms with Crippen LogP contribution in [0.25, 0.3) is 10.9 Å². The molecule has 3 rings (SSSR count). The van der Waals surface area contributed by atoms with E-state index >= 15 is 0 Å². The minimum Gasteiger partial charge on any atom is -0.393 e. The Morgan fingerprint density at radius 1 is 1.40 bits per heavy atom. The minimum absolute atomic E-state index is 0.238. The van der Waals surface area contributed by atoms with Gasteiger partial charge >= 0.3 is 0 Å². The first-order chi connectivity index (χ1) is 9.66. The van der Waals surface area contributed by atoms with Crippen LogP contribution in [0.4, 0.5) is 5.69 Å².